The highest BCUT2D eigenvalue weighted by Gasteiger charge is 2.36. The minimum atomic E-state index is -0.513. The molecule has 3 aromatic rings. The number of imidazole rings is 1. The zero-order chi connectivity index (χ0) is 20.7. The lowest BCUT2D eigenvalue weighted by molar-refractivity contribution is -0.146. The first-order chi connectivity index (χ1) is 14.6. The van der Waals surface area contributed by atoms with E-state index in [0.717, 1.165) is 36.7 Å². The number of hydrogen-bond acceptors (Lipinski definition) is 4. The number of fused-ring (bicyclic) bond motifs is 3. The number of aromatic nitrogens is 2. The maximum Gasteiger partial charge on any atom is 0.338 e. The summed E-state index contributed by atoms with van der Waals surface area (Å²) in [5, 5.41) is 3.27. The zero-order valence-corrected chi connectivity index (χ0v) is 16.9. The zero-order valence-electron chi connectivity index (χ0n) is 16.9. The largest absolute Gasteiger partial charge is 0.459 e. The third kappa shape index (κ3) is 3.26. The normalized spacial score (nSPS) is 19.5. The lowest BCUT2D eigenvalue weighted by Crippen LogP contribution is -2.31. The van der Waals surface area contributed by atoms with Crippen LogP contribution in [-0.4, -0.2) is 21.6 Å². The third-order valence-corrected chi connectivity index (χ3v) is 6.04. The summed E-state index contributed by atoms with van der Waals surface area (Å²) in [4.78, 5) is 18.0. The molecule has 1 atom stereocenters. The average Bonchev–Trinajstić information content (AvgIpc) is 3.11. The highest BCUT2D eigenvalue weighted by atomic mass is 19.1. The monoisotopic (exact) mass is 405 g/mol. The highest BCUT2D eigenvalue weighted by Crippen LogP contribution is 2.40. The van der Waals surface area contributed by atoms with E-state index in [1.807, 2.05) is 41.8 Å². The summed E-state index contributed by atoms with van der Waals surface area (Å²) in [5.74, 6) is -0.0450. The third-order valence-electron chi connectivity index (χ3n) is 6.04. The molecule has 0 amide bonds. The Balaban J connectivity index is 1.63. The van der Waals surface area contributed by atoms with Gasteiger partial charge in [-0.2, -0.15) is 0 Å². The van der Waals surface area contributed by atoms with Crippen molar-refractivity contribution in [1.29, 1.82) is 0 Å². The second-order valence-corrected chi connectivity index (χ2v) is 8.08. The van der Waals surface area contributed by atoms with Gasteiger partial charge in [-0.15, -0.1) is 0 Å². The van der Waals surface area contributed by atoms with E-state index < -0.39 is 6.04 Å². The number of para-hydroxylation sites is 2. The number of nitrogens with one attached hydrogen (secondary N) is 1. The van der Waals surface area contributed by atoms with Crippen molar-refractivity contribution in [3.05, 3.63) is 71.2 Å². The molecule has 1 aliphatic carbocycles. The van der Waals surface area contributed by atoms with Gasteiger partial charge in [0.2, 0.25) is 5.95 Å². The predicted molar refractivity (Wildman–Crippen MR) is 114 cm³/mol. The molecule has 5 rings (SSSR count). The molecule has 1 unspecified atom stereocenters. The summed E-state index contributed by atoms with van der Waals surface area (Å²) in [7, 11) is 0. The number of nitrogens with zero attached hydrogens (tertiary/aromatic N) is 2. The Morgan fingerprint density at radius 3 is 2.73 bits per heavy atom. The number of halogens is 1. The molecular weight excluding hydrogens is 381 g/mol. The highest BCUT2D eigenvalue weighted by molar-refractivity contribution is 5.94. The maximum atomic E-state index is 14.2. The molecule has 2 aromatic carbocycles. The predicted octanol–water partition coefficient (Wildman–Crippen LogP) is 5.34. The van der Waals surface area contributed by atoms with Gasteiger partial charge in [0, 0.05) is 5.70 Å². The van der Waals surface area contributed by atoms with E-state index in [2.05, 4.69) is 10.3 Å². The van der Waals surface area contributed by atoms with Crippen LogP contribution in [0.25, 0.3) is 11.0 Å². The SMILES string of the molecule is CC1=C(C(=O)OC2CCCCC2)C(c2cccc(F)c2)n2c(nc3ccccc32)N1. The quantitative estimate of drug-likeness (QED) is 0.598. The molecule has 2 aliphatic rings. The van der Waals surface area contributed by atoms with E-state index in [-0.39, 0.29) is 17.9 Å². The summed E-state index contributed by atoms with van der Waals surface area (Å²) in [6.07, 6.45) is 5.09. The number of esters is 1. The van der Waals surface area contributed by atoms with Crippen LogP contribution in [0.1, 0.15) is 50.6 Å². The minimum Gasteiger partial charge on any atom is -0.459 e. The molecule has 0 bridgehead atoms. The van der Waals surface area contributed by atoms with Gasteiger partial charge in [-0.3, -0.25) is 4.57 Å². The van der Waals surface area contributed by atoms with Crippen molar-refractivity contribution >= 4 is 23.0 Å². The van der Waals surface area contributed by atoms with Gasteiger partial charge in [0.05, 0.1) is 22.6 Å². The van der Waals surface area contributed by atoms with E-state index in [0.29, 0.717) is 22.8 Å². The van der Waals surface area contributed by atoms with Gasteiger partial charge in [-0.05, 0) is 62.4 Å². The second-order valence-electron chi connectivity index (χ2n) is 8.08. The fraction of sp³-hybridized carbons (Fsp3) is 0.333. The molecule has 5 nitrogen and oxygen atoms in total. The second kappa shape index (κ2) is 7.59. The van der Waals surface area contributed by atoms with Crippen LogP contribution in [0.2, 0.25) is 0 Å². The van der Waals surface area contributed by atoms with E-state index in [4.69, 9.17) is 4.74 Å². The van der Waals surface area contributed by atoms with Crippen LogP contribution in [0.4, 0.5) is 10.3 Å². The summed E-state index contributed by atoms with van der Waals surface area (Å²) in [5.41, 5.74) is 3.58. The molecular formula is C24H24FN3O2. The number of allylic oxidation sites excluding steroid dienone is 1. The molecule has 6 heteroatoms. The summed E-state index contributed by atoms with van der Waals surface area (Å²) in [6, 6.07) is 13.7. The Kier molecular flexibility index (Phi) is 4.77. The Morgan fingerprint density at radius 1 is 1.13 bits per heavy atom. The fourth-order valence-electron chi connectivity index (χ4n) is 4.62. The van der Waals surface area contributed by atoms with Crippen LogP contribution in [0, 0.1) is 5.82 Å². The first-order valence-corrected chi connectivity index (χ1v) is 10.5. The number of benzene rings is 2. The van der Waals surface area contributed by atoms with E-state index >= 15 is 0 Å². The topological polar surface area (TPSA) is 56.2 Å². The molecule has 154 valence electrons. The van der Waals surface area contributed by atoms with Crippen LogP contribution >= 0.6 is 0 Å². The Bertz CT molecular complexity index is 1140. The summed E-state index contributed by atoms with van der Waals surface area (Å²) < 4.78 is 22.1. The Morgan fingerprint density at radius 2 is 1.93 bits per heavy atom. The number of carbonyl (C=O) groups is 1. The van der Waals surface area contributed by atoms with Crippen molar-refractivity contribution in [1.82, 2.24) is 9.55 Å². The molecule has 1 aliphatic heterocycles. The van der Waals surface area contributed by atoms with Crippen molar-refractivity contribution < 1.29 is 13.9 Å². The average molecular weight is 405 g/mol. The molecule has 1 fully saturated rings. The van der Waals surface area contributed by atoms with Gasteiger partial charge >= 0.3 is 5.97 Å². The van der Waals surface area contributed by atoms with Gasteiger partial charge in [-0.1, -0.05) is 30.7 Å². The molecule has 1 saturated carbocycles. The Hall–Kier alpha value is -3.15. The van der Waals surface area contributed by atoms with Gasteiger partial charge in [0.25, 0.3) is 0 Å². The summed E-state index contributed by atoms with van der Waals surface area (Å²) >= 11 is 0. The van der Waals surface area contributed by atoms with Crippen molar-refractivity contribution in [3.63, 3.8) is 0 Å². The van der Waals surface area contributed by atoms with Crippen molar-refractivity contribution in [2.45, 2.75) is 51.2 Å². The van der Waals surface area contributed by atoms with Crippen molar-refractivity contribution in [2.24, 2.45) is 0 Å². The van der Waals surface area contributed by atoms with Crippen molar-refractivity contribution in [3.8, 4) is 0 Å². The number of hydrogen-bond donors (Lipinski definition) is 1. The first-order valence-electron chi connectivity index (χ1n) is 10.5. The number of anilines is 1. The van der Waals surface area contributed by atoms with E-state index in [9.17, 15) is 9.18 Å². The van der Waals surface area contributed by atoms with Gasteiger partial charge in [0.15, 0.2) is 0 Å². The molecule has 1 N–H and O–H groups in total. The standard InChI is InChI=1S/C24H24FN3O2/c1-15-21(23(29)30-18-10-3-2-4-11-18)22(16-8-7-9-17(25)14-16)28-20-13-6-5-12-19(20)27-24(28)26-15/h5-9,12-14,18,22H,2-4,10-11H2,1H3,(H,26,27). The fourth-order valence-corrected chi connectivity index (χ4v) is 4.62. The molecule has 0 saturated heterocycles. The lowest BCUT2D eigenvalue weighted by atomic mass is 9.94. The molecule has 30 heavy (non-hydrogen) atoms. The number of carbonyl (C=O) groups excluding carboxylic acids is 1. The van der Waals surface area contributed by atoms with E-state index in [1.54, 1.807) is 6.07 Å². The van der Waals surface area contributed by atoms with Crippen molar-refractivity contribution in [2.75, 3.05) is 5.32 Å². The van der Waals surface area contributed by atoms with Gasteiger partial charge < -0.3 is 10.1 Å². The number of ether oxygens (including phenoxy) is 1. The van der Waals surface area contributed by atoms with Crippen LogP contribution in [-0.2, 0) is 9.53 Å². The van der Waals surface area contributed by atoms with Crippen LogP contribution in [0.15, 0.2) is 59.8 Å². The van der Waals surface area contributed by atoms with Gasteiger partial charge in [0.1, 0.15) is 11.9 Å². The number of rotatable bonds is 3. The molecule has 2 heterocycles. The first kappa shape index (κ1) is 18.9. The molecule has 1 aromatic heterocycles. The van der Waals surface area contributed by atoms with E-state index in [1.165, 1.54) is 18.6 Å². The summed E-state index contributed by atoms with van der Waals surface area (Å²) in [6.45, 7) is 1.85. The lowest BCUT2D eigenvalue weighted by Gasteiger charge is -2.31. The minimum absolute atomic E-state index is 0.0550. The molecule has 0 radical (unpaired) electrons. The smallest absolute Gasteiger partial charge is 0.338 e. The molecule has 0 spiro atoms. The van der Waals surface area contributed by atoms with Crippen LogP contribution < -0.4 is 5.32 Å². The Labute approximate surface area is 174 Å². The van der Waals surface area contributed by atoms with Crippen LogP contribution in [0.3, 0.4) is 0 Å². The van der Waals surface area contributed by atoms with Gasteiger partial charge in [-0.25, -0.2) is 14.2 Å². The maximum absolute atomic E-state index is 14.2. The van der Waals surface area contributed by atoms with Crippen LogP contribution in [0.5, 0.6) is 0 Å².